The maximum Gasteiger partial charge on any atom is 0.227 e. The highest BCUT2D eigenvalue weighted by Gasteiger charge is 2.42. The minimum atomic E-state index is -0.775. The average Bonchev–Trinajstić information content (AvgIpc) is 3.23. The van der Waals surface area contributed by atoms with Gasteiger partial charge in [-0.2, -0.15) is 0 Å². The fraction of sp³-hybridized carbons (Fsp3) is 0.154. The van der Waals surface area contributed by atoms with Gasteiger partial charge in [0.15, 0.2) is 0 Å². The van der Waals surface area contributed by atoms with Crippen LogP contribution in [0, 0.1) is 5.82 Å². The van der Waals surface area contributed by atoms with Crippen molar-refractivity contribution in [2.75, 3.05) is 0 Å². The zero-order valence-corrected chi connectivity index (χ0v) is 16.9. The van der Waals surface area contributed by atoms with E-state index in [1.54, 1.807) is 24.4 Å². The number of allylic oxidation sites excluding steroid dienone is 1. The Morgan fingerprint density at radius 2 is 1.71 bits per heavy atom. The lowest BCUT2D eigenvalue weighted by Crippen LogP contribution is -2.41. The molecule has 31 heavy (non-hydrogen) atoms. The Bertz CT molecular complexity index is 1100. The number of nitrogens with two attached hydrogens (primary N) is 1. The van der Waals surface area contributed by atoms with Crippen LogP contribution in [-0.4, -0.2) is 17.7 Å². The molecule has 1 aliphatic rings. The third-order valence-corrected chi connectivity index (χ3v) is 5.47. The smallest absolute Gasteiger partial charge is 0.227 e. The number of hydrogen-bond donors (Lipinski definition) is 1. The molecule has 1 heterocycles. The van der Waals surface area contributed by atoms with Crippen molar-refractivity contribution >= 4 is 12.1 Å². The van der Waals surface area contributed by atoms with Crippen LogP contribution in [0.4, 0.5) is 4.39 Å². The lowest BCUT2D eigenvalue weighted by molar-refractivity contribution is -0.120. The second-order valence-corrected chi connectivity index (χ2v) is 7.58. The summed E-state index contributed by atoms with van der Waals surface area (Å²) in [5, 5.41) is 0. The van der Waals surface area contributed by atoms with E-state index < -0.39 is 17.4 Å². The molecule has 0 saturated heterocycles. The van der Waals surface area contributed by atoms with Crippen LogP contribution < -0.4 is 10.5 Å². The molecule has 0 bridgehead atoms. The van der Waals surface area contributed by atoms with Gasteiger partial charge in [-0.1, -0.05) is 66.7 Å². The first kappa shape index (κ1) is 20.5. The summed E-state index contributed by atoms with van der Waals surface area (Å²) in [5.41, 5.74) is 7.38. The Morgan fingerprint density at radius 3 is 2.35 bits per heavy atom. The van der Waals surface area contributed by atoms with Crippen molar-refractivity contribution in [3.63, 3.8) is 0 Å². The summed E-state index contributed by atoms with van der Waals surface area (Å²) in [4.78, 5) is 17.1. The van der Waals surface area contributed by atoms with Gasteiger partial charge in [-0.25, -0.2) is 4.39 Å². The molecular weight excluding hydrogens is 391 g/mol. The number of ether oxygens (including phenoxy) is 1. The molecule has 0 aliphatic carbocycles. The highest BCUT2D eigenvalue weighted by atomic mass is 19.1. The predicted molar refractivity (Wildman–Crippen MR) is 120 cm³/mol. The first-order valence-electron chi connectivity index (χ1n) is 10.1. The van der Waals surface area contributed by atoms with Gasteiger partial charge >= 0.3 is 0 Å². The van der Waals surface area contributed by atoms with Crippen molar-refractivity contribution in [3.8, 4) is 5.75 Å². The minimum Gasteiger partial charge on any atom is -0.489 e. The highest BCUT2D eigenvalue weighted by Crippen LogP contribution is 2.38. The molecule has 4 rings (SSSR count). The normalized spacial score (nSPS) is 18.1. The maximum absolute atomic E-state index is 13.8. The van der Waals surface area contributed by atoms with Crippen molar-refractivity contribution in [2.45, 2.75) is 24.5 Å². The summed E-state index contributed by atoms with van der Waals surface area (Å²) in [5.74, 6) is -0.646. The zero-order chi connectivity index (χ0) is 21.7. The number of rotatable bonds is 8. The fourth-order valence-electron chi connectivity index (χ4n) is 3.96. The van der Waals surface area contributed by atoms with Gasteiger partial charge in [0.1, 0.15) is 18.2 Å². The molecule has 2 N–H and O–H groups in total. The largest absolute Gasteiger partial charge is 0.489 e. The Morgan fingerprint density at radius 1 is 1.00 bits per heavy atom. The minimum absolute atomic E-state index is 0.154. The molecule has 156 valence electrons. The molecule has 0 aromatic heterocycles. The standard InChI is InChI=1S/C26H23FN2O2/c27-23-10-5-4-9-21(23)18-31-22-13-11-19(12-14-22)17-26(15-6-16-29-26)24(25(28)30)20-7-2-1-3-8-20/h1-16,24H,17-18H2,(H2,28,30). The Balaban J connectivity index is 1.52. The first-order valence-corrected chi connectivity index (χ1v) is 10.1. The van der Waals surface area contributed by atoms with Crippen LogP contribution in [-0.2, 0) is 17.8 Å². The summed E-state index contributed by atoms with van der Waals surface area (Å²) in [6, 6.07) is 23.6. The van der Waals surface area contributed by atoms with E-state index in [0.717, 1.165) is 11.1 Å². The van der Waals surface area contributed by atoms with Crippen LogP contribution in [0.25, 0.3) is 0 Å². The molecule has 0 fully saturated rings. The second-order valence-electron chi connectivity index (χ2n) is 7.58. The zero-order valence-electron chi connectivity index (χ0n) is 16.9. The molecule has 4 nitrogen and oxygen atoms in total. The summed E-state index contributed by atoms with van der Waals surface area (Å²) in [7, 11) is 0. The van der Waals surface area contributed by atoms with Crippen LogP contribution in [0.15, 0.2) is 96.0 Å². The van der Waals surface area contributed by atoms with Crippen LogP contribution in [0.1, 0.15) is 22.6 Å². The molecular formula is C26H23FN2O2. The number of halogens is 1. The van der Waals surface area contributed by atoms with Crippen molar-refractivity contribution < 1.29 is 13.9 Å². The van der Waals surface area contributed by atoms with Gasteiger partial charge in [0.05, 0.1) is 11.5 Å². The SMILES string of the molecule is NC(=O)C(c1ccccc1)C1(Cc2ccc(OCc3ccccc3F)cc2)C=CC=N1. The number of amides is 1. The van der Waals surface area contributed by atoms with Crippen molar-refractivity contribution in [3.05, 3.63) is 114 Å². The Labute approximate surface area is 180 Å². The Kier molecular flexibility index (Phi) is 5.94. The number of benzene rings is 3. The van der Waals surface area contributed by atoms with E-state index in [9.17, 15) is 9.18 Å². The van der Waals surface area contributed by atoms with Crippen molar-refractivity contribution in [2.24, 2.45) is 10.7 Å². The van der Waals surface area contributed by atoms with E-state index >= 15 is 0 Å². The topological polar surface area (TPSA) is 64.7 Å². The predicted octanol–water partition coefficient (Wildman–Crippen LogP) is 4.60. The third kappa shape index (κ3) is 4.56. The number of carbonyl (C=O) groups is 1. The number of hydrogen-bond acceptors (Lipinski definition) is 3. The molecule has 2 atom stereocenters. The first-order chi connectivity index (χ1) is 15.1. The second kappa shape index (κ2) is 8.96. The number of nitrogens with zero attached hydrogens (tertiary/aromatic N) is 1. The molecule has 1 aliphatic heterocycles. The van der Waals surface area contributed by atoms with Crippen LogP contribution in [0.2, 0.25) is 0 Å². The van der Waals surface area contributed by atoms with E-state index in [4.69, 9.17) is 10.5 Å². The number of carbonyl (C=O) groups excluding carboxylic acids is 1. The molecule has 0 spiro atoms. The average molecular weight is 414 g/mol. The monoisotopic (exact) mass is 414 g/mol. The van der Waals surface area contributed by atoms with Gasteiger partial charge in [0.25, 0.3) is 0 Å². The number of primary amides is 1. The van der Waals surface area contributed by atoms with Crippen LogP contribution in [0.3, 0.4) is 0 Å². The van der Waals surface area contributed by atoms with Gasteiger partial charge in [0.2, 0.25) is 5.91 Å². The van der Waals surface area contributed by atoms with Crippen molar-refractivity contribution in [1.29, 1.82) is 0 Å². The van der Waals surface area contributed by atoms with E-state index in [1.807, 2.05) is 66.7 Å². The molecule has 5 heteroatoms. The lowest BCUT2D eigenvalue weighted by atomic mass is 9.75. The summed E-state index contributed by atoms with van der Waals surface area (Å²) < 4.78 is 19.5. The van der Waals surface area contributed by atoms with Crippen LogP contribution >= 0.6 is 0 Å². The maximum atomic E-state index is 13.8. The molecule has 3 aromatic rings. The Hall–Kier alpha value is -3.73. The summed E-state index contributed by atoms with van der Waals surface area (Å²) >= 11 is 0. The van der Waals surface area contributed by atoms with E-state index in [1.165, 1.54) is 6.07 Å². The van der Waals surface area contributed by atoms with E-state index in [2.05, 4.69) is 4.99 Å². The highest BCUT2D eigenvalue weighted by molar-refractivity contribution is 5.87. The van der Waals surface area contributed by atoms with E-state index in [0.29, 0.717) is 17.7 Å². The van der Waals surface area contributed by atoms with Gasteiger partial charge in [0, 0.05) is 18.2 Å². The molecule has 0 radical (unpaired) electrons. The van der Waals surface area contributed by atoms with Gasteiger partial charge in [-0.05, 0) is 35.4 Å². The molecule has 1 amide bonds. The van der Waals surface area contributed by atoms with Crippen molar-refractivity contribution in [1.82, 2.24) is 0 Å². The lowest BCUT2D eigenvalue weighted by Gasteiger charge is -2.32. The fourth-order valence-corrected chi connectivity index (χ4v) is 3.96. The third-order valence-electron chi connectivity index (χ3n) is 5.47. The van der Waals surface area contributed by atoms with Gasteiger partial charge in [-0.3, -0.25) is 9.79 Å². The number of aliphatic imine (C=N–C) groups is 1. The van der Waals surface area contributed by atoms with Gasteiger partial charge in [-0.15, -0.1) is 0 Å². The molecule has 3 aromatic carbocycles. The summed E-state index contributed by atoms with van der Waals surface area (Å²) in [6.07, 6.45) is 6.02. The summed E-state index contributed by atoms with van der Waals surface area (Å²) in [6.45, 7) is 0.154. The molecule has 0 saturated carbocycles. The quantitative estimate of drug-likeness (QED) is 0.586. The molecule has 2 unspecified atom stereocenters. The van der Waals surface area contributed by atoms with Gasteiger partial charge < -0.3 is 10.5 Å². The van der Waals surface area contributed by atoms with E-state index in [-0.39, 0.29) is 12.4 Å². The van der Waals surface area contributed by atoms with Crippen LogP contribution in [0.5, 0.6) is 5.75 Å².